The van der Waals surface area contributed by atoms with E-state index >= 15 is 0 Å². The molecule has 0 saturated heterocycles. The molecule has 0 aliphatic heterocycles. The van der Waals surface area contributed by atoms with E-state index in [-0.39, 0.29) is 22.6 Å². The highest BCUT2D eigenvalue weighted by Gasteiger charge is 2.21. The van der Waals surface area contributed by atoms with Crippen molar-refractivity contribution in [3.05, 3.63) is 67.8 Å². The minimum Gasteiger partial charge on any atom is -0.371 e. The van der Waals surface area contributed by atoms with Gasteiger partial charge in [-0.3, -0.25) is 25.0 Å². The second-order valence-electron chi connectivity index (χ2n) is 5.79. The lowest BCUT2D eigenvalue weighted by Gasteiger charge is -2.23. The maximum atomic E-state index is 12.8. The maximum absolute atomic E-state index is 12.8. The number of nitro benzene ring substituents is 2. The van der Waals surface area contributed by atoms with Crippen LogP contribution in [0.25, 0.3) is 0 Å². The standard InChI is InChI=1S/C18H20N4O5/c1-4-20(5-2)17-10-9-13(21(24)25)11-14(17)18(23)19-15-7-6-8-16(12(15)3)22(26)27/h6-11H,4-5H2,1-3H3,(H,19,23). The van der Waals surface area contributed by atoms with Crippen LogP contribution in [-0.2, 0) is 0 Å². The molecule has 1 amide bonds. The molecule has 0 aliphatic rings. The average Bonchev–Trinajstić information content (AvgIpc) is 2.64. The fraction of sp³-hybridized carbons (Fsp3) is 0.278. The van der Waals surface area contributed by atoms with Crippen LogP contribution in [0.5, 0.6) is 0 Å². The number of carbonyl (C=O) groups is 1. The molecule has 0 saturated carbocycles. The molecule has 0 spiro atoms. The zero-order chi connectivity index (χ0) is 20.1. The SMILES string of the molecule is CCN(CC)c1ccc([N+](=O)[O-])cc1C(=O)Nc1cccc([N+](=O)[O-])c1C. The first kappa shape index (κ1) is 19.8. The van der Waals surface area contributed by atoms with Crippen LogP contribution in [0, 0.1) is 27.2 Å². The lowest BCUT2D eigenvalue weighted by Crippen LogP contribution is -2.26. The number of amides is 1. The van der Waals surface area contributed by atoms with E-state index in [0.29, 0.717) is 24.3 Å². The van der Waals surface area contributed by atoms with Gasteiger partial charge in [0.15, 0.2) is 0 Å². The summed E-state index contributed by atoms with van der Waals surface area (Å²) in [5.74, 6) is -0.566. The minimum atomic E-state index is -0.568. The van der Waals surface area contributed by atoms with Crippen molar-refractivity contribution in [2.45, 2.75) is 20.8 Å². The second-order valence-corrected chi connectivity index (χ2v) is 5.79. The fourth-order valence-electron chi connectivity index (χ4n) is 2.81. The van der Waals surface area contributed by atoms with Gasteiger partial charge in [-0.05, 0) is 32.9 Å². The Morgan fingerprint density at radius 2 is 1.74 bits per heavy atom. The Kier molecular flexibility index (Phi) is 6.07. The predicted molar refractivity (Wildman–Crippen MR) is 102 cm³/mol. The number of hydrogen-bond acceptors (Lipinski definition) is 6. The maximum Gasteiger partial charge on any atom is 0.274 e. The number of carbonyl (C=O) groups excluding carboxylic acids is 1. The first-order valence-electron chi connectivity index (χ1n) is 8.38. The van der Waals surface area contributed by atoms with Gasteiger partial charge in [0.05, 0.1) is 32.3 Å². The monoisotopic (exact) mass is 372 g/mol. The Hall–Kier alpha value is -3.49. The topological polar surface area (TPSA) is 119 Å². The van der Waals surface area contributed by atoms with Crippen LogP contribution in [0.3, 0.4) is 0 Å². The Morgan fingerprint density at radius 1 is 1.07 bits per heavy atom. The summed E-state index contributed by atoms with van der Waals surface area (Å²) in [7, 11) is 0. The molecule has 0 unspecified atom stereocenters. The zero-order valence-corrected chi connectivity index (χ0v) is 15.3. The van der Waals surface area contributed by atoms with Crippen molar-refractivity contribution in [2.24, 2.45) is 0 Å². The van der Waals surface area contributed by atoms with E-state index in [2.05, 4.69) is 5.32 Å². The Bertz CT molecular complexity index is 893. The first-order chi connectivity index (χ1) is 12.8. The zero-order valence-electron chi connectivity index (χ0n) is 15.3. The van der Waals surface area contributed by atoms with Crippen LogP contribution in [0.15, 0.2) is 36.4 Å². The molecule has 0 aromatic heterocycles. The van der Waals surface area contributed by atoms with Crippen LogP contribution in [0.4, 0.5) is 22.7 Å². The van der Waals surface area contributed by atoms with Gasteiger partial charge in [-0.15, -0.1) is 0 Å². The van der Waals surface area contributed by atoms with Gasteiger partial charge in [-0.1, -0.05) is 6.07 Å². The molecule has 0 fully saturated rings. The van der Waals surface area contributed by atoms with Gasteiger partial charge in [0.25, 0.3) is 17.3 Å². The Labute approximate surface area is 155 Å². The molecular formula is C18H20N4O5. The molecular weight excluding hydrogens is 352 g/mol. The molecule has 27 heavy (non-hydrogen) atoms. The number of benzene rings is 2. The number of nitro groups is 2. The molecule has 0 bridgehead atoms. The molecule has 0 heterocycles. The van der Waals surface area contributed by atoms with E-state index in [1.54, 1.807) is 12.1 Å². The molecule has 2 aromatic carbocycles. The van der Waals surface area contributed by atoms with Crippen molar-refractivity contribution in [3.63, 3.8) is 0 Å². The van der Waals surface area contributed by atoms with Crippen LogP contribution in [0.1, 0.15) is 29.8 Å². The van der Waals surface area contributed by atoms with Gasteiger partial charge in [0.1, 0.15) is 0 Å². The largest absolute Gasteiger partial charge is 0.371 e. The van der Waals surface area contributed by atoms with Crippen molar-refractivity contribution in [3.8, 4) is 0 Å². The van der Waals surface area contributed by atoms with Crippen molar-refractivity contribution < 1.29 is 14.6 Å². The Balaban J connectivity index is 2.48. The lowest BCUT2D eigenvalue weighted by molar-refractivity contribution is -0.385. The summed E-state index contributed by atoms with van der Waals surface area (Å²) >= 11 is 0. The number of nitrogens with one attached hydrogen (secondary N) is 1. The molecule has 9 nitrogen and oxygen atoms in total. The highest BCUT2D eigenvalue weighted by atomic mass is 16.6. The van der Waals surface area contributed by atoms with Gasteiger partial charge < -0.3 is 10.2 Å². The number of hydrogen-bond donors (Lipinski definition) is 1. The molecule has 0 aliphatic carbocycles. The first-order valence-corrected chi connectivity index (χ1v) is 8.38. The van der Waals surface area contributed by atoms with Gasteiger partial charge in [-0.25, -0.2) is 0 Å². The molecule has 2 aromatic rings. The number of non-ortho nitro benzene ring substituents is 1. The lowest BCUT2D eigenvalue weighted by atomic mass is 10.1. The van der Waals surface area contributed by atoms with Crippen LogP contribution in [0.2, 0.25) is 0 Å². The van der Waals surface area contributed by atoms with E-state index in [4.69, 9.17) is 0 Å². The number of nitrogens with zero attached hydrogens (tertiary/aromatic N) is 3. The number of rotatable bonds is 7. The van der Waals surface area contributed by atoms with Crippen LogP contribution >= 0.6 is 0 Å². The van der Waals surface area contributed by atoms with E-state index in [1.807, 2.05) is 18.7 Å². The van der Waals surface area contributed by atoms with Crippen molar-refractivity contribution in [1.82, 2.24) is 0 Å². The molecule has 1 N–H and O–H groups in total. The second kappa shape index (κ2) is 8.26. The molecule has 0 radical (unpaired) electrons. The van der Waals surface area contributed by atoms with Crippen molar-refractivity contribution in [1.29, 1.82) is 0 Å². The summed E-state index contributed by atoms with van der Waals surface area (Å²) in [6.45, 7) is 6.59. The van der Waals surface area contributed by atoms with Crippen LogP contribution < -0.4 is 10.2 Å². The third kappa shape index (κ3) is 4.20. The van der Waals surface area contributed by atoms with Gasteiger partial charge >= 0.3 is 0 Å². The van der Waals surface area contributed by atoms with E-state index in [9.17, 15) is 25.0 Å². The van der Waals surface area contributed by atoms with Gasteiger partial charge in [0, 0.05) is 31.3 Å². The quantitative estimate of drug-likeness (QED) is 0.581. The highest BCUT2D eigenvalue weighted by Crippen LogP contribution is 2.29. The molecule has 2 rings (SSSR count). The third-order valence-electron chi connectivity index (χ3n) is 4.29. The summed E-state index contributed by atoms with van der Waals surface area (Å²) in [5.41, 5.74) is 0.976. The van der Waals surface area contributed by atoms with E-state index in [0.717, 1.165) is 0 Å². The molecule has 9 heteroatoms. The molecule has 142 valence electrons. The summed E-state index contributed by atoms with van der Waals surface area (Å²) in [5, 5.41) is 24.8. The third-order valence-corrected chi connectivity index (χ3v) is 4.29. The summed E-state index contributed by atoms with van der Waals surface area (Å²) in [4.78, 5) is 35.8. The van der Waals surface area contributed by atoms with E-state index in [1.165, 1.54) is 31.2 Å². The van der Waals surface area contributed by atoms with Gasteiger partial charge in [0.2, 0.25) is 0 Å². The predicted octanol–water partition coefficient (Wildman–Crippen LogP) is 3.91. The van der Waals surface area contributed by atoms with E-state index < -0.39 is 15.8 Å². The summed E-state index contributed by atoms with van der Waals surface area (Å²) < 4.78 is 0. The fourth-order valence-corrected chi connectivity index (χ4v) is 2.81. The van der Waals surface area contributed by atoms with Crippen molar-refractivity contribution >= 4 is 28.7 Å². The summed E-state index contributed by atoms with van der Waals surface area (Å²) in [6, 6.07) is 8.48. The highest BCUT2D eigenvalue weighted by molar-refractivity contribution is 6.09. The van der Waals surface area contributed by atoms with Gasteiger partial charge in [-0.2, -0.15) is 0 Å². The smallest absolute Gasteiger partial charge is 0.274 e. The molecule has 0 atom stereocenters. The van der Waals surface area contributed by atoms with Crippen molar-refractivity contribution in [2.75, 3.05) is 23.3 Å². The minimum absolute atomic E-state index is 0.115. The average molecular weight is 372 g/mol. The Morgan fingerprint density at radius 3 is 2.30 bits per heavy atom. The summed E-state index contributed by atoms with van der Waals surface area (Å²) in [6.07, 6.45) is 0. The van der Waals surface area contributed by atoms with Crippen LogP contribution in [-0.4, -0.2) is 28.8 Å². The normalized spacial score (nSPS) is 10.3. The number of anilines is 2.